The van der Waals surface area contributed by atoms with E-state index in [2.05, 4.69) is 4.74 Å². The molecule has 1 aromatic rings. The number of carbonyl (C=O) groups excluding carboxylic acids is 1. The van der Waals surface area contributed by atoms with Crippen LogP contribution in [0.2, 0.25) is 0 Å². The van der Waals surface area contributed by atoms with E-state index in [-0.39, 0.29) is 6.61 Å². The van der Waals surface area contributed by atoms with Gasteiger partial charge in [-0.15, -0.1) is 0 Å². The summed E-state index contributed by atoms with van der Waals surface area (Å²) in [4.78, 5) is 11.4. The van der Waals surface area contributed by atoms with Crippen molar-refractivity contribution < 1.29 is 22.5 Å². The number of carbonyl (C=O) groups is 1. The summed E-state index contributed by atoms with van der Waals surface area (Å²) in [6.07, 6.45) is 0.373. The summed E-state index contributed by atoms with van der Waals surface area (Å²) in [6, 6.07) is 6.44. The Bertz CT molecular complexity index is 480. The summed E-state index contributed by atoms with van der Waals surface area (Å²) in [5.74, 6) is -1.25. The molecule has 0 saturated heterocycles. The lowest BCUT2D eigenvalue weighted by atomic mass is 9.96. The molecule has 1 N–H and O–H groups in total. The van der Waals surface area contributed by atoms with Gasteiger partial charge in [0.2, 0.25) is 0 Å². The molecule has 0 saturated carbocycles. The minimum Gasteiger partial charge on any atom is -0.461 e. The zero-order valence-electron chi connectivity index (χ0n) is 9.00. The van der Waals surface area contributed by atoms with Crippen molar-refractivity contribution in [3.05, 3.63) is 35.4 Å². The molecular weight excluding hydrogens is 243 g/mol. The van der Waals surface area contributed by atoms with Gasteiger partial charge >= 0.3 is 5.97 Å². The van der Waals surface area contributed by atoms with E-state index >= 15 is 0 Å². The Balaban J connectivity index is 2.52. The van der Waals surface area contributed by atoms with E-state index in [4.69, 9.17) is 12.4 Å². The number of hydrogen-bond acceptors (Lipinski definition) is 4. The molecule has 17 heavy (non-hydrogen) atoms. The van der Waals surface area contributed by atoms with Crippen molar-refractivity contribution in [3.8, 4) is 0 Å². The molecule has 0 aliphatic heterocycles. The first-order valence-corrected chi connectivity index (χ1v) is 6.44. The molecule has 0 fully saturated rings. The molecule has 5 nitrogen and oxygen atoms in total. The summed E-state index contributed by atoms with van der Waals surface area (Å²) in [6.45, 7) is -0.379. The predicted molar refractivity (Wildman–Crippen MR) is 62.6 cm³/mol. The topological polar surface area (TPSA) is 80.7 Å². The first kappa shape index (κ1) is 13.7. The van der Waals surface area contributed by atoms with Crippen LogP contribution in [0.3, 0.4) is 0 Å². The van der Waals surface area contributed by atoms with Gasteiger partial charge in [0.05, 0.1) is 13.4 Å². The van der Waals surface area contributed by atoms with Crippen molar-refractivity contribution in [2.45, 2.75) is 6.32 Å². The molecule has 1 rings (SSSR count). The first-order chi connectivity index (χ1) is 7.92. The van der Waals surface area contributed by atoms with E-state index < -0.39 is 21.8 Å². The fourth-order valence-corrected chi connectivity index (χ4v) is 1.39. The molecule has 2 radical (unpaired) electrons. The van der Waals surface area contributed by atoms with Crippen LogP contribution < -0.4 is 0 Å². The largest absolute Gasteiger partial charge is 0.461 e. The molecule has 0 spiro atoms. The van der Waals surface area contributed by atoms with Crippen molar-refractivity contribution in [2.75, 3.05) is 12.4 Å². The molecule has 0 amide bonds. The van der Waals surface area contributed by atoms with E-state index in [9.17, 15) is 13.2 Å². The van der Waals surface area contributed by atoms with E-state index in [1.54, 1.807) is 12.1 Å². The molecular formula is C10H11BO5S. The third-order valence-corrected chi connectivity index (χ3v) is 2.68. The Labute approximate surface area is 101 Å². The van der Waals surface area contributed by atoms with Gasteiger partial charge in [-0.3, -0.25) is 4.55 Å². The lowest BCUT2D eigenvalue weighted by Crippen LogP contribution is -2.14. The highest BCUT2D eigenvalue weighted by Gasteiger charge is 2.09. The SMILES string of the molecule is [B]Cc1ccc(C(=O)OCCS(=O)(=O)O)cc1. The summed E-state index contributed by atoms with van der Waals surface area (Å²) >= 11 is 0. The van der Waals surface area contributed by atoms with Crippen LogP contribution >= 0.6 is 0 Å². The lowest BCUT2D eigenvalue weighted by Gasteiger charge is -2.04. The fraction of sp³-hybridized carbons (Fsp3) is 0.300. The van der Waals surface area contributed by atoms with E-state index in [1.165, 1.54) is 12.1 Å². The molecule has 0 bridgehead atoms. The van der Waals surface area contributed by atoms with Crippen LogP contribution in [0.25, 0.3) is 0 Å². The first-order valence-electron chi connectivity index (χ1n) is 4.83. The van der Waals surface area contributed by atoms with Crippen LogP contribution in [0.4, 0.5) is 0 Å². The Hall–Kier alpha value is -1.34. The zero-order chi connectivity index (χ0) is 12.9. The fourth-order valence-electron chi connectivity index (χ4n) is 1.10. The monoisotopic (exact) mass is 254 g/mol. The van der Waals surface area contributed by atoms with E-state index in [0.717, 1.165) is 5.56 Å². The van der Waals surface area contributed by atoms with Crippen LogP contribution in [0.1, 0.15) is 15.9 Å². The van der Waals surface area contributed by atoms with Gasteiger partial charge in [0.1, 0.15) is 12.4 Å². The quantitative estimate of drug-likeness (QED) is 0.467. The highest BCUT2D eigenvalue weighted by molar-refractivity contribution is 7.85. The highest BCUT2D eigenvalue weighted by Crippen LogP contribution is 2.05. The predicted octanol–water partition coefficient (Wildman–Crippen LogP) is 0.400. The van der Waals surface area contributed by atoms with Crippen molar-refractivity contribution >= 4 is 23.9 Å². The number of rotatable bonds is 5. The minimum atomic E-state index is -4.11. The van der Waals surface area contributed by atoms with Gasteiger partial charge in [-0.25, -0.2) is 4.79 Å². The normalized spacial score (nSPS) is 11.1. The minimum absolute atomic E-state index is 0.303. The van der Waals surface area contributed by atoms with Crippen molar-refractivity contribution in [3.63, 3.8) is 0 Å². The van der Waals surface area contributed by atoms with Crippen LogP contribution in [0, 0.1) is 0 Å². The average Bonchev–Trinajstić information content (AvgIpc) is 2.27. The Kier molecular flexibility index (Phi) is 4.71. The van der Waals surface area contributed by atoms with Crippen molar-refractivity contribution in [2.24, 2.45) is 0 Å². The number of esters is 1. The second-order valence-corrected chi connectivity index (χ2v) is 4.90. The van der Waals surface area contributed by atoms with E-state index in [1.807, 2.05) is 0 Å². The van der Waals surface area contributed by atoms with Gasteiger partial charge in [-0.1, -0.05) is 24.0 Å². The van der Waals surface area contributed by atoms with Gasteiger partial charge in [0.15, 0.2) is 0 Å². The van der Waals surface area contributed by atoms with Crippen LogP contribution in [-0.4, -0.2) is 39.1 Å². The number of benzene rings is 1. The lowest BCUT2D eigenvalue weighted by molar-refractivity contribution is 0.0528. The maximum Gasteiger partial charge on any atom is 0.338 e. The summed E-state index contributed by atoms with van der Waals surface area (Å²) < 4.78 is 33.9. The standard InChI is InChI=1S/C10H11BO5S/c11-7-8-1-3-9(4-2-8)10(12)16-5-6-17(13,14)15/h1-4H,5-7H2,(H,13,14,15). The van der Waals surface area contributed by atoms with Crippen molar-refractivity contribution in [1.29, 1.82) is 0 Å². The van der Waals surface area contributed by atoms with E-state index in [0.29, 0.717) is 11.9 Å². The van der Waals surface area contributed by atoms with Crippen LogP contribution in [-0.2, 0) is 21.2 Å². The molecule has 0 unspecified atom stereocenters. The maximum absolute atomic E-state index is 11.4. The van der Waals surface area contributed by atoms with Gasteiger partial charge in [-0.2, -0.15) is 8.42 Å². The highest BCUT2D eigenvalue weighted by atomic mass is 32.2. The van der Waals surface area contributed by atoms with Gasteiger partial charge < -0.3 is 4.74 Å². The molecule has 0 aliphatic carbocycles. The van der Waals surface area contributed by atoms with Gasteiger partial charge in [-0.05, 0) is 12.1 Å². The molecule has 0 aromatic heterocycles. The second-order valence-electron chi connectivity index (χ2n) is 3.32. The van der Waals surface area contributed by atoms with Gasteiger partial charge in [0, 0.05) is 0 Å². The smallest absolute Gasteiger partial charge is 0.338 e. The third-order valence-electron chi connectivity index (χ3n) is 2.00. The maximum atomic E-state index is 11.4. The van der Waals surface area contributed by atoms with Gasteiger partial charge in [0.25, 0.3) is 10.1 Å². The molecule has 1 aromatic carbocycles. The Morgan fingerprint density at radius 1 is 1.29 bits per heavy atom. The molecule has 7 heteroatoms. The Morgan fingerprint density at radius 2 is 1.88 bits per heavy atom. The average molecular weight is 254 g/mol. The Morgan fingerprint density at radius 3 is 2.35 bits per heavy atom. The second kappa shape index (κ2) is 5.83. The zero-order valence-corrected chi connectivity index (χ0v) is 9.81. The molecule has 0 heterocycles. The molecule has 90 valence electrons. The molecule has 0 atom stereocenters. The summed E-state index contributed by atoms with van der Waals surface area (Å²) in [5.41, 5.74) is 1.18. The summed E-state index contributed by atoms with van der Waals surface area (Å²) in [5, 5.41) is 0. The summed E-state index contributed by atoms with van der Waals surface area (Å²) in [7, 11) is 1.29. The third kappa shape index (κ3) is 5.01. The number of ether oxygens (including phenoxy) is 1. The van der Waals surface area contributed by atoms with Crippen LogP contribution in [0.15, 0.2) is 24.3 Å². The molecule has 0 aliphatic rings. The van der Waals surface area contributed by atoms with Crippen LogP contribution in [0.5, 0.6) is 0 Å². The van der Waals surface area contributed by atoms with Crippen molar-refractivity contribution in [1.82, 2.24) is 0 Å². The number of hydrogen-bond donors (Lipinski definition) is 1.